The maximum Gasteiger partial charge on any atom is 0.0540 e. The number of hydrogen-bond acceptors (Lipinski definition) is 1. The highest BCUT2D eigenvalue weighted by Crippen LogP contribution is 2.05. The van der Waals surface area contributed by atoms with Gasteiger partial charge in [-0.1, -0.05) is 12.5 Å². The van der Waals surface area contributed by atoms with Gasteiger partial charge in [-0.3, -0.25) is 0 Å². The number of allylic oxidation sites excluding steroid dienone is 1. The molecule has 1 atom stereocenters. The normalized spacial score (nSPS) is 13.2. The Morgan fingerprint density at radius 2 is 2.22 bits per heavy atom. The molecule has 0 saturated heterocycles. The van der Waals surface area contributed by atoms with Gasteiger partial charge in [-0.15, -0.1) is 6.58 Å². The van der Waals surface area contributed by atoms with E-state index < -0.39 is 0 Å². The smallest absolute Gasteiger partial charge is 0.0540 e. The first-order valence-corrected chi connectivity index (χ1v) is 3.49. The molecule has 0 aliphatic heterocycles. The molecule has 0 saturated carbocycles. The van der Waals surface area contributed by atoms with Crippen LogP contribution in [0, 0.1) is 0 Å². The van der Waals surface area contributed by atoms with Crippen molar-refractivity contribution in [3.63, 3.8) is 0 Å². The van der Waals surface area contributed by atoms with Crippen molar-refractivity contribution >= 4 is 0 Å². The number of rotatable bonds is 4. The van der Waals surface area contributed by atoms with Crippen LogP contribution in [0.4, 0.5) is 0 Å². The highest BCUT2D eigenvalue weighted by atomic mass is 16.3. The lowest BCUT2D eigenvalue weighted by molar-refractivity contribution is 0.160. The fourth-order valence-electron chi connectivity index (χ4n) is 0.617. The third-order valence-corrected chi connectivity index (χ3v) is 1.38. The van der Waals surface area contributed by atoms with Gasteiger partial charge in [0.05, 0.1) is 6.10 Å². The zero-order valence-corrected chi connectivity index (χ0v) is 6.35. The average molecular weight is 128 g/mol. The first-order chi connectivity index (χ1) is 4.16. The molecular formula is C8H16O. The minimum Gasteiger partial charge on any atom is -0.393 e. The molecule has 0 bridgehead atoms. The van der Waals surface area contributed by atoms with Gasteiger partial charge in [0.1, 0.15) is 0 Å². The fourth-order valence-corrected chi connectivity index (χ4v) is 0.617. The topological polar surface area (TPSA) is 20.2 Å². The van der Waals surface area contributed by atoms with Crippen LogP contribution in [-0.2, 0) is 0 Å². The average Bonchev–Trinajstić information content (AvgIpc) is 1.83. The Bertz CT molecular complexity index is 86.6. The molecule has 0 aromatic heterocycles. The molecule has 0 aromatic carbocycles. The van der Waals surface area contributed by atoms with E-state index in [4.69, 9.17) is 5.11 Å². The molecule has 0 fully saturated rings. The summed E-state index contributed by atoms with van der Waals surface area (Å²) in [6.07, 6.45) is 2.55. The molecule has 54 valence electrons. The number of aliphatic hydroxyl groups excluding tert-OH is 1. The van der Waals surface area contributed by atoms with E-state index in [0.29, 0.717) is 0 Å². The maximum absolute atomic E-state index is 9.07. The van der Waals surface area contributed by atoms with Crippen molar-refractivity contribution in [3.8, 4) is 0 Å². The standard InChI is InChI=1S/C8H16O/c1-4-8(9)6-5-7(2)3/h8-9H,2,4-6H2,1,3H3/t8-/m1/s1. The Morgan fingerprint density at radius 3 is 2.56 bits per heavy atom. The van der Waals surface area contributed by atoms with E-state index in [1.807, 2.05) is 13.8 Å². The summed E-state index contributed by atoms with van der Waals surface area (Å²) in [4.78, 5) is 0. The van der Waals surface area contributed by atoms with Gasteiger partial charge in [-0.05, 0) is 26.2 Å². The maximum atomic E-state index is 9.07. The summed E-state index contributed by atoms with van der Waals surface area (Å²) in [5.41, 5.74) is 1.16. The van der Waals surface area contributed by atoms with Gasteiger partial charge in [0.15, 0.2) is 0 Å². The van der Waals surface area contributed by atoms with Crippen molar-refractivity contribution in [1.82, 2.24) is 0 Å². The van der Waals surface area contributed by atoms with Crippen LogP contribution in [-0.4, -0.2) is 11.2 Å². The SMILES string of the molecule is C=C(C)CC[C@H](O)CC. The molecule has 0 rings (SSSR count). The van der Waals surface area contributed by atoms with Crippen LogP contribution in [0.5, 0.6) is 0 Å². The quantitative estimate of drug-likeness (QED) is 0.575. The number of hydrogen-bond donors (Lipinski definition) is 1. The van der Waals surface area contributed by atoms with Crippen LogP contribution in [0.25, 0.3) is 0 Å². The summed E-state index contributed by atoms with van der Waals surface area (Å²) in [6.45, 7) is 7.73. The Kier molecular flexibility index (Phi) is 4.41. The summed E-state index contributed by atoms with van der Waals surface area (Å²) in [5.74, 6) is 0. The summed E-state index contributed by atoms with van der Waals surface area (Å²) in [5, 5.41) is 9.07. The van der Waals surface area contributed by atoms with Gasteiger partial charge < -0.3 is 5.11 Å². The third-order valence-electron chi connectivity index (χ3n) is 1.38. The van der Waals surface area contributed by atoms with E-state index in [1.165, 1.54) is 0 Å². The monoisotopic (exact) mass is 128 g/mol. The Hall–Kier alpha value is -0.300. The van der Waals surface area contributed by atoms with Gasteiger partial charge in [-0.2, -0.15) is 0 Å². The molecule has 1 nitrogen and oxygen atoms in total. The predicted octanol–water partition coefficient (Wildman–Crippen LogP) is 2.11. The van der Waals surface area contributed by atoms with Crippen LogP contribution in [0.3, 0.4) is 0 Å². The Labute approximate surface area is 57.4 Å². The molecule has 0 aliphatic carbocycles. The summed E-state index contributed by atoms with van der Waals surface area (Å²) >= 11 is 0. The lowest BCUT2D eigenvalue weighted by atomic mass is 10.1. The van der Waals surface area contributed by atoms with Crippen molar-refractivity contribution in [1.29, 1.82) is 0 Å². The highest BCUT2D eigenvalue weighted by Gasteiger charge is 1.98. The first-order valence-electron chi connectivity index (χ1n) is 3.49. The van der Waals surface area contributed by atoms with E-state index in [0.717, 1.165) is 24.8 Å². The van der Waals surface area contributed by atoms with E-state index in [9.17, 15) is 0 Å². The van der Waals surface area contributed by atoms with E-state index in [-0.39, 0.29) is 6.10 Å². The molecule has 9 heavy (non-hydrogen) atoms. The largest absolute Gasteiger partial charge is 0.393 e. The van der Waals surface area contributed by atoms with Crippen LogP contribution in [0.1, 0.15) is 33.1 Å². The third kappa shape index (κ3) is 5.57. The highest BCUT2D eigenvalue weighted by molar-refractivity contribution is 4.87. The van der Waals surface area contributed by atoms with E-state index in [2.05, 4.69) is 6.58 Å². The summed E-state index contributed by atoms with van der Waals surface area (Å²) in [7, 11) is 0. The molecule has 0 radical (unpaired) electrons. The summed E-state index contributed by atoms with van der Waals surface area (Å²) < 4.78 is 0. The van der Waals surface area contributed by atoms with Crippen LogP contribution >= 0.6 is 0 Å². The van der Waals surface area contributed by atoms with Crippen LogP contribution in [0.2, 0.25) is 0 Å². The Morgan fingerprint density at radius 1 is 1.67 bits per heavy atom. The molecule has 0 aromatic rings. The molecule has 0 aliphatic rings. The van der Waals surface area contributed by atoms with Gasteiger partial charge in [0.2, 0.25) is 0 Å². The second-order valence-electron chi connectivity index (χ2n) is 2.56. The minimum atomic E-state index is -0.123. The van der Waals surface area contributed by atoms with Crippen molar-refractivity contribution in [2.24, 2.45) is 0 Å². The second kappa shape index (κ2) is 4.57. The van der Waals surface area contributed by atoms with Crippen LogP contribution in [0.15, 0.2) is 12.2 Å². The number of aliphatic hydroxyl groups is 1. The molecule has 0 unspecified atom stereocenters. The molecule has 0 heterocycles. The molecule has 0 amide bonds. The zero-order chi connectivity index (χ0) is 7.28. The van der Waals surface area contributed by atoms with Crippen molar-refractivity contribution in [3.05, 3.63) is 12.2 Å². The molecular weight excluding hydrogens is 112 g/mol. The van der Waals surface area contributed by atoms with Crippen molar-refractivity contribution < 1.29 is 5.11 Å². The fraction of sp³-hybridized carbons (Fsp3) is 0.750. The second-order valence-corrected chi connectivity index (χ2v) is 2.56. The van der Waals surface area contributed by atoms with Gasteiger partial charge >= 0.3 is 0 Å². The minimum absolute atomic E-state index is 0.123. The molecule has 0 spiro atoms. The molecule has 1 N–H and O–H groups in total. The zero-order valence-electron chi connectivity index (χ0n) is 6.35. The van der Waals surface area contributed by atoms with Gasteiger partial charge in [0, 0.05) is 0 Å². The van der Waals surface area contributed by atoms with Crippen LogP contribution < -0.4 is 0 Å². The van der Waals surface area contributed by atoms with Crippen molar-refractivity contribution in [2.75, 3.05) is 0 Å². The van der Waals surface area contributed by atoms with E-state index >= 15 is 0 Å². The first kappa shape index (κ1) is 8.70. The van der Waals surface area contributed by atoms with Crippen molar-refractivity contribution in [2.45, 2.75) is 39.2 Å². The molecule has 1 heteroatoms. The summed E-state index contributed by atoms with van der Waals surface area (Å²) in [6, 6.07) is 0. The lowest BCUT2D eigenvalue weighted by Gasteiger charge is -2.05. The van der Waals surface area contributed by atoms with Gasteiger partial charge in [0.25, 0.3) is 0 Å². The predicted molar refractivity (Wildman–Crippen MR) is 40.3 cm³/mol. The van der Waals surface area contributed by atoms with Gasteiger partial charge in [-0.25, -0.2) is 0 Å². The van der Waals surface area contributed by atoms with E-state index in [1.54, 1.807) is 0 Å². The Balaban J connectivity index is 3.16. The lowest BCUT2D eigenvalue weighted by Crippen LogP contribution is -2.03.